The van der Waals surface area contributed by atoms with Crippen molar-refractivity contribution in [3.8, 4) is 5.75 Å². The van der Waals surface area contributed by atoms with E-state index in [0.29, 0.717) is 11.4 Å². The first-order chi connectivity index (χ1) is 10.2. The van der Waals surface area contributed by atoms with Crippen molar-refractivity contribution in [1.82, 2.24) is 0 Å². The molecule has 2 atom stereocenters. The third kappa shape index (κ3) is 3.19. The summed E-state index contributed by atoms with van der Waals surface area (Å²) in [6, 6.07) is 6.29. The molecule has 1 aromatic carbocycles. The molecular weight excluding hydrogens is 290 g/mol. The fraction of sp³-hybridized carbons (Fsp3) is 0.400. The summed E-state index contributed by atoms with van der Waals surface area (Å²) in [5, 5.41) is 20.3. The molecular formula is C15H17NO6. The van der Waals surface area contributed by atoms with Crippen molar-refractivity contribution in [2.24, 2.45) is 17.3 Å². The van der Waals surface area contributed by atoms with Gasteiger partial charge >= 0.3 is 11.9 Å². The molecule has 7 heteroatoms. The first-order valence-electron chi connectivity index (χ1n) is 6.72. The van der Waals surface area contributed by atoms with Crippen LogP contribution in [-0.4, -0.2) is 34.7 Å². The summed E-state index contributed by atoms with van der Waals surface area (Å²) >= 11 is 0. The van der Waals surface area contributed by atoms with Crippen LogP contribution >= 0.6 is 0 Å². The van der Waals surface area contributed by atoms with Gasteiger partial charge < -0.3 is 20.3 Å². The number of benzene rings is 1. The number of amides is 1. The highest BCUT2D eigenvalue weighted by Gasteiger charge is 2.65. The van der Waals surface area contributed by atoms with Crippen LogP contribution in [0.4, 0.5) is 5.69 Å². The number of aliphatic carboxylic acids is 2. The molecule has 22 heavy (non-hydrogen) atoms. The summed E-state index contributed by atoms with van der Waals surface area (Å²) in [7, 11) is 0. The fourth-order valence-electron chi connectivity index (χ4n) is 2.62. The number of rotatable bonds is 6. The van der Waals surface area contributed by atoms with Crippen molar-refractivity contribution in [2.75, 3.05) is 11.9 Å². The maximum Gasteiger partial charge on any atom is 0.341 e. The van der Waals surface area contributed by atoms with E-state index in [0.717, 1.165) is 0 Å². The van der Waals surface area contributed by atoms with Crippen molar-refractivity contribution in [3.05, 3.63) is 24.3 Å². The van der Waals surface area contributed by atoms with Gasteiger partial charge in [0.1, 0.15) is 5.75 Å². The van der Waals surface area contributed by atoms with Crippen LogP contribution in [0.25, 0.3) is 0 Å². The smallest absolute Gasteiger partial charge is 0.341 e. The minimum atomic E-state index is -1.10. The molecule has 0 spiro atoms. The maximum atomic E-state index is 12.2. The van der Waals surface area contributed by atoms with Crippen molar-refractivity contribution < 1.29 is 29.3 Å². The van der Waals surface area contributed by atoms with Gasteiger partial charge in [0, 0.05) is 11.8 Å². The molecule has 2 rings (SSSR count). The second-order valence-corrected chi connectivity index (χ2v) is 5.81. The van der Waals surface area contributed by atoms with Crippen LogP contribution in [0.15, 0.2) is 24.3 Å². The standard InChI is InChI=1S/C15H17NO6/c1-15(2)11(12(15)14(20)21)13(19)16-8-4-3-5-9(6-8)22-7-10(17)18/h3-6,11-12H,7H2,1-2H3,(H,16,19)(H,17,18)(H,20,21)/t11-,12-/m0/s1. The predicted molar refractivity (Wildman–Crippen MR) is 76.6 cm³/mol. The minimum Gasteiger partial charge on any atom is -0.482 e. The molecule has 1 aromatic rings. The zero-order valence-electron chi connectivity index (χ0n) is 12.2. The van der Waals surface area contributed by atoms with Gasteiger partial charge in [-0.3, -0.25) is 9.59 Å². The molecule has 3 N–H and O–H groups in total. The van der Waals surface area contributed by atoms with Gasteiger partial charge in [0.25, 0.3) is 0 Å². The summed E-state index contributed by atoms with van der Waals surface area (Å²) < 4.78 is 5.02. The SMILES string of the molecule is CC1(C)[C@H](C(=O)O)[C@H]1C(=O)Nc1cccc(OCC(=O)O)c1. The Hall–Kier alpha value is -2.57. The highest BCUT2D eigenvalue weighted by Crippen LogP contribution is 2.58. The fourth-order valence-corrected chi connectivity index (χ4v) is 2.62. The zero-order valence-corrected chi connectivity index (χ0v) is 12.2. The Bertz CT molecular complexity index is 624. The summed E-state index contributed by atoms with van der Waals surface area (Å²) in [5.41, 5.74) is -0.146. The van der Waals surface area contributed by atoms with Crippen LogP contribution in [-0.2, 0) is 14.4 Å². The zero-order chi connectivity index (χ0) is 16.5. The molecule has 7 nitrogen and oxygen atoms in total. The topological polar surface area (TPSA) is 113 Å². The predicted octanol–water partition coefficient (Wildman–Crippen LogP) is 1.45. The Morgan fingerprint density at radius 1 is 1.23 bits per heavy atom. The Labute approximate surface area is 126 Å². The highest BCUT2D eigenvalue weighted by molar-refractivity contribution is 5.99. The third-order valence-corrected chi connectivity index (χ3v) is 3.84. The number of carbonyl (C=O) groups is 3. The summed E-state index contributed by atoms with van der Waals surface area (Å²) in [4.78, 5) is 33.7. The van der Waals surface area contributed by atoms with E-state index < -0.39 is 35.8 Å². The monoisotopic (exact) mass is 307 g/mol. The van der Waals surface area contributed by atoms with E-state index >= 15 is 0 Å². The number of hydrogen-bond acceptors (Lipinski definition) is 4. The van der Waals surface area contributed by atoms with Crippen molar-refractivity contribution in [3.63, 3.8) is 0 Å². The van der Waals surface area contributed by atoms with Gasteiger partial charge in [-0.05, 0) is 17.5 Å². The molecule has 1 aliphatic rings. The normalized spacial score (nSPS) is 21.7. The number of carboxylic acids is 2. The number of hydrogen-bond donors (Lipinski definition) is 3. The average molecular weight is 307 g/mol. The molecule has 1 fully saturated rings. The van der Waals surface area contributed by atoms with Crippen LogP contribution in [0.5, 0.6) is 5.75 Å². The summed E-state index contributed by atoms with van der Waals surface area (Å²) in [6.07, 6.45) is 0. The molecule has 1 saturated carbocycles. The van der Waals surface area contributed by atoms with Gasteiger partial charge in [0.15, 0.2) is 6.61 Å². The molecule has 0 radical (unpaired) electrons. The minimum absolute atomic E-state index is 0.310. The lowest BCUT2D eigenvalue weighted by atomic mass is 10.1. The first-order valence-corrected chi connectivity index (χ1v) is 6.72. The van der Waals surface area contributed by atoms with Crippen LogP contribution in [0, 0.1) is 17.3 Å². The van der Waals surface area contributed by atoms with E-state index in [1.807, 2.05) is 0 Å². The van der Waals surface area contributed by atoms with E-state index in [1.54, 1.807) is 32.0 Å². The van der Waals surface area contributed by atoms with Gasteiger partial charge in [0.05, 0.1) is 11.8 Å². The third-order valence-electron chi connectivity index (χ3n) is 3.84. The molecule has 0 aliphatic heterocycles. The van der Waals surface area contributed by atoms with Crippen LogP contribution in [0.2, 0.25) is 0 Å². The van der Waals surface area contributed by atoms with Gasteiger partial charge in [-0.15, -0.1) is 0 Å². The Balaban J connectivity index is 2.02. The second kappa shape index (κ2) is 5.67. The maximum absolute atomic E-state index is 12.2. The van der Waals surface area contributed by atoms with E-state index in [-0.39, 0.29) is 5.91 Å². The summed E-state index contributed by atoms with van der Waals surface area (Å²) in [5.74, 6) is -3.42. The Morgan fingerprint density at radius 3 is 2.45 bits per heavy atom. The van der Waals surface area contributed by atoms with E-state index in [1.165, 1.54) is 6.07 Å². The lowest BCUT2D eigenvalue weighted by Gasteiger charge is -2.08. The van der Waals surface area contributed by atoms with Gasteiger partial charge in [-0.2, -0.15) is 0 Å². The van der Waals surface area contributed by atoms with E-state index in [2.05, 4.69) is 5.32 Å². The van der Waals surface area contributed by atoms with Gasteiger partial charge in [-0.1, -0.05) is 19.9 Å². The highest BCUT2D eigenvalue weighted by atomic mass is 16.5. The summed E-state index contributed by atoms with van der Waals surface area (Å²) in [6.45, 7) is 3.00. The first kappa shape index (κ1) is 15.8. The lowest BCUT2D eigenvalue weighted by molar-refractivity contribution is -0.140. The van der Waals surface area contributed by atoms with Crippen molar-refractivity contribution in [1.29, 1.82) is 0 Å². The molecule has 1 amide bonds. The van der Waals surface area contributed by atoms with E-state index in [9.17, 15) is 14.4 Å². The second-order valence-electron chi connectivity index (χ2n) is 5.81. The van der Waals surface area contributed by atoms with Gasteiger partial charge in [0.2, 0.25) is 5.91 Å². The number of ether oxygens (including phenoxy) is 1. The van der Waals surface area contributed by atoms with Crippen LogP contribution < -0.4 is 10.1 Å². The van der Waals surface area contributed by atoms with Gasteiger partial charge in [-0.25, -0.2) is 4.79 Å². The average Bonchev–Trinajstić information content (AvgIpc) is 3.00. The van der Waals surface area contributed by atoms with Crippen LogP contribution in [0.3, 0.4) is 0 Å². The Morgan fingerprint density at radius 2 is 1.91 bits per heavy atom. The molecule has 0 unspecified atom stereocenters. The van der Waals surface area contributed by atoms with Crippen LogP contribution in [0.1, 0.15) is 13.8 Å². The Kier molecular flexibility index (Phi) is 4.07. The molecule has 0 aromatic heterocycles. The van der Waals surface area contributed by atoms with Crippen molar-refractivity contribution in [2.45, 2.75) is 13.8 Å². The molecule has 0 saturated heterocycles. The molecule has 1 aliphatic carbocycles. The number of carboxylic acid groups (broad SMARTS) is 2. The largest absolute Gasteiger partial charge is 0.482 e. The van der Waals surface area contributed by atoms with E-state index in [4.69, 9.17) is 14.9 Å². The molecule has 0 bridgehead atoms. The quantitative estimate of drug-likeness (QED) is 0.733. The number of carbonyl (C=O) groups excluding carboxylic acids is 1. The molecule has 118 valence electrons. The number of nitrogens with one attached hydrogen (secondary N) is 1. The lowest BCUT2D eigenvalue weighted by Crippen LogP contribution is -2.17. The van der Waals surface area contributed by atoms with Crippen molar-refractivity contribution >= 4 is 23.5 Å². The molecule has 0 heterocycles. The number of anilines is 1.